The van der Waals surface area contributed by atoms with Gasteiger partial charge in [-0.1, -0.05) is 23.7 Å². The van der Waals surface area contributed by atoms with Crippen LogP contribution in [0.1, 0.15) is 28.9 Å². The summed E-state index contributed by atoms with van der Waals surface area (Å²) in [4.78, 5) is 11.0. The molecule has 0 saturated heterocycles. The molecule has 0 radical (unpaired) electrons. The second kappa shape index (κ2) is 5.08. The normalized spacial score (nSPS) is 13.9. The number of halogens is 1. The topological polar surface area (TPSA) is 81.3 Å². The van der Waals surface area contributed by atoms with E-state index in [0.29, 0.717) is 5.56 Å². The van der Waals surface area contributed by atoms with Crippen LogP contribution in [0.3, 0.4) is 0 Å². The summed E-state index contributed by atoms with van der Waals surface area (Å²) in [6.45, 7) is 1.39. The predicted octanol–water partition coefficient (Wildman–Crippen LogP) is 1.46. The summed E-state index contributed by atoms with van der Waals surface area (Å²) in [6, 6.07) is 5.81. The van der Waals surface area contributed by atoms with Gasteiger partial charge in [0.25, 0.3) is 0 Å². The fraction of sp³-hybridized carbons (Fsp3) is 0.273. The average Bonchev–Trinajstić information content (AvgIpc) is 2.26. The van der Waals surface area contributed by atoms with Gasteiger partial charge in [-0.3, -0.25) is 4.79 Å². The van der Waals surface area contributed by atoms with Crippen molar-refractivity contribution in [3.05, 3.63) is 34.3 Å². The molecule has 1 aromatic carbocycles. The molecule has 0 spiro atoms. The number of carbonyl (C=O) groups excluding carboxylic acids is 1. The monoisotopic (exact) mass is 239 g/mol. The number of Topliss-reactive ketones (excluding diaryl/α,β-unsaturated/α-hetero) is 1. The Morgan fingerprint density at radius 3 is 2.56 bits per heavy atom. The molecule has 0 bridgehead atoms. The van der Waals surface area contributed by atoms with Crippen molar-refractivity contribution in [2.45, 2.75) is 19.1 Å². The van der Waals surface area contributed by atoms with E-state index in [2.05, 4.69) is 0 Å². The van der Waals surface area contributed by atoms with Crippen LogP contribution in [0.25, 0.3) is 0 Å². The van der Waals surface area contributed by atoms with Crippen LogP contribution in [0.2, 0.25) is 5.02 Å². The molecule has 5 heteroatoms. The number of nitriles is 1. The first kappa shape index (κ1) is 12.7. The van der Waals surface area contributed by atoms with Gasteiger partial charge in [0.2, 0.25) is 0 Å². The summed E-state index contributed by atoms with van der Waals surface area (Å²) in [5, 5.41) is 27.3. The number of nitrogens with zero attached hydrogens (tertiary/aromatic N) is 1. The Labute approximate surface area is 97.7 Å². The van der Waals surface area contributed by atoms with Crippen LogP contribution in [-0.4, -0.2) is 22.1 Å². The lowest BCUT2D eigenvalue weighted by molar-refractivity contribution is 0.0528. The van der Waals surface area contributed by atoms with Crippen LogP contribution in [0.4, 0.5) is 0 Å². The van der Waals surface area contributed by atoms with Gasteiger partial charge in [0.1, 0.15) is 6.10 Å². The van der Waals surface area contributed by atoms with Gasteiger partial charge in [0.15, 0.2) is 11.9 Å². The van der Waals surface area contributed by atoms with Crippen molar-refractivity contribution in [3.8, 4) is 6.07 Å². The highest BCUT2D eigenvalue weighted by molar-refractivity contribution is 6.31. The Morgan fingerprint density at radius 2 is 2.12 bits per heavy atom. The third kappa shape index (κ3) is 2.58. The van der Waals surface area contributed by atoms with E-state index in [-0.39, 0.29) is 16.4 Å². The SMILES string of the molecule is CC(=O)c1ccc(C(O)C(O)C#N)c(Cl)c1. The van der Waals surface area contributed by atoms with E-state index in [1.807, 2.05) is 0 Å². The third-order valence-corrected chi connectivity index (χ3v) is 2.48. The molecule has 2 unspecified atom stereocenters. The summed E-state index contributed by atoms with van der Waals surface area (Å²) in [5.74, 6) is -0.149. The van der Waals surface area contributed by atoms with Crippen LogP contribution in [0.5, 0.6) is 0 Å². The zero-order chi connectivity index (χ0) is 12.3. The van der Waals surface area contributed by atoms with E-state index in [1.54, 1.807) is 0 Å². The van der Waals surface area contributed by atoms with Gasteiger partial charge >= 0.3 is 0 Å². The van der Waals surface area contributed by atoms with Crippen LogP contribution < -0.4 is 0 Å². The Balaban J connectivity index is 3.09. The molecular formula is C11H10ClNO3. The fourth-order valence-electron chi connectivity index (χ4n) is 1.23. The lowest BCUT2D eigenvalue weighted by atomic mass is 10.0. The smallest absolute Gasteiger partial charge is 0.170 e. The largest absolute Gasteiger partial charge is 0.384 e. The van der Waals surface area contributed by atoms with Gasteiger partial charge in [-0.2, -0.15) is 5.26 Å². The second-order valence-corrected chi connectivity index (χ2v) is 3.72. The Hall–Kier alpha value is -1.41. The van der Waals surface area contributed by atoms with Gasteiger partial charge in [-0.25, -0.2) is 0 Å². The molecular weight excluding hydrogens is 230 g/mol. The molecule has 0 amide bonds. The molecule has 0 fully saturated rings. The maximum atomic E-state index is 11.0. The van der Waals surface area contributed by atoms with Crippen LogP contribution in [-0.2, 0) is 0 Å². The van der Waals surface area contributed by atoms with Crippen molar-refractivity contribution >= 4 is 17.4 Å². The van der Waals surface area contributed by atoms with Crippen molar-refractivity contribution in [1.29, 1.82) is 5.26 Å². The molecule has 4 nitrogen and oxygen atoms in total. The quantitative estimate of drug-likeness (QED) is 0.618. The Kier molecular flexibility index (Phi) is 4.02. The van der Waals surface area contributed by atoms with Crippen LogP contribution >= 0.6 is 11.6 Å². The van der Waals surface area contributed by atoms with Gasteiger partial charge < -0.3 is 10.2 Å². The minimum Gasteiger partial charge on any atom is -0.384 e. The number of benzene rings is 1. The second-order valence-electron chi connectivity index (χ2n) is 3.31. The van der Waals surface area contributed by atoms with Crippen LogP contribution in [0.15, 0.2) is 18.2 Å². The standard InChI is InChI=1S/C11H10ClNO3/c1-6(14)7-2-3-8(9(12)4-7)11(16)10(15)5-13/h2-4,10-11,15-16H,1H3. The van der Waals surface area contributed by atoms with Crippen molar-refractivity contribution < 1.29 is 15.0 Å². The molecule has 84 valence electrons. The first-order valence-electron chi connectivity index (χ1n) is 4.53. The predicted molar refractivity (Wildman–Crippen MR) is 58.0 cm³/mol. The molecule has 2 atom stereocenters. The maximum absolute atomic E-state index is 11.0. The molecule has 16 heavy (non-hydrogen) atoms. The molecule has 0 aliphatic heterocycles. The van der Waals surface area contributed by atoms with E-state index in [1.165, 1.54) is 31.2 Å². The highest BCUT2D eigenvalue weighted by Gasteiger charge is 2.20. The molecule has 0 aliphatic rings. The van der Waals surface area contributed by atoms with Gasteiger partial charge in [-0.05, 0) is 13.0 Å². The number of carbonyl (C=O) groups is 1. The highest BCUT2D eigenvalue weighted by atomic mass is 35.5. The third-order valence-electron chi connectivity index (χ3n) is 2.16. The number of rotatable bonds is 3. The molecule has 2 N–H and O–H groups in total. The van der Waals surface area contributed by atoms with Crippen molar-refractivity contribution in [2.75, 3.05) is 0 Å². The van der Waals surface area contributed by atoms with E-state index in [9.17, 15) is 9.90 Å². The van der Waals surface area contributed by atoms with E-state index < -0.39 is 12.2 Å². The van der Waals surface area contributed by atoms with Gasteiger partial charge in [0.05, 0.1) is 6.07 Å². The highest BCUT2D eigenvalue weighted by Crippen LogP contribution is 2.26. The number of aliphatic hydroxyl groups excluding tert-OH is 2. The first-order chi connectivity index (χ1) is 7.47. The number of hydrogen-bond acceptors (Lipinski definition) is 4. The molecule has 0 heterocycles. The minimum absolute atomic E-state index is 0.148. The van der Waals surface area contributed by atoms with Crippen molar-refractivity contribution in [2.24, 2.45) is 0 Å². The molecule has 0 saturated carbocycles. The summed E-state index contributed by atoms with van der Waals surface area (Å²) >= 11 is 5.84. The molecule has 0 aromatic heterocycles. The number of hydrogen-bond donors (Lipinski definition) is 2. The fourth-order valence-corrected chi connectivity index (χ4v) is 1.52. The lowest BCUT2D eigenvalue weighted by Gasteiger charge is -2.14. The number of ketones is 1. The number of aliphatic hydroxyl groups is 2. The summed E-state index contributed by atoms with van der Waals surface area (Å²) in [7, 11) is 0. The summed E-state index contributed by atoms with van der Waals surface area (Å²) in [5.41, 5.74) is 0.633. The average molecular weight is 240 g/mol. The Morgan fingerprint density at radius 1 is 1.50 bits per heavy atom. The minimum atomic E-state index is -1.54. The molecule has 1 aromatic rings. The zero-order valence-electron chi connectivity index (χ0n) is 8.51. The van der Waals surface area contributed by atoms with Crippen molar-refractivity contribution in [3.63, 3.8) is 0 Å². The van der Waals surface area contributed by atoms with E-state index in [0.717, 1.165) is 0 Å². The van der Waals surface area contributed by atoms with E-state index >= 15 is 0 Å². The lowest BCUT2D eigenvalue weighted by Crippen LogP contribution is -2.16. The Bertz CT molecular complexity index is 453. The summed E-state index contributed by atoms with van der Waals surface area (Å²) in [6.07, 6.45) is -2.92. The zero-order valence-corrected chi connectivity index (χ0v) is 9.27. The summed E-state index contributed by atoms with van der Waals surface area (Å²) < 4.78 is 0. The molecule has 0 aliphatic carbocycles. The first-order valence-corrected chi connectivity index (χ1v) is 4.91. The molecule has 1 rings (SSSR count). The van der Waals surface area contributed by atoms with Gasteiger partial charge in [0, 0.05) is 16.1 Å². The maximum Gasteiger partial charge on any atom is 0.170 e. The van der Waals surface area contributed by atoms with E-state index in [4.69, 9.17) is 22.0 Å². The van der Waals surface area contributed by atoms with Crippen molar-refractivity contribution in [1.82, 2.24) is 0 Å². The van der Waals surface area contributed by atoms with Gasteiger partial charge in [-0.15, -0.1) is 0 Å². The van der Waals surface area contributed by atoms with Crippen LogP contribution in [0, 0.1) is 11.3 Å².